The van der Waals surface area contributed by atoms with Crippen molar-refractivity contribution in [1.82, 2.24) is 0 Å². The minimum atomic E-state index is 0.0783. The maximum Gasteiger partial charge on any atom is 0.120 e. The molecule has 12 heavy (non-hydrogen) atoms. The van der Waals surface area contributed by atoms with Gasteiger partial charge in [0.1, 0.15) is 11.5 Å². The van der Waals surface area contributed by atoms with Crippen molar-refractivity contribution in [1.29, 1.82) is 0 Å². The molecule has 0 fully saturated rings. The van der Waals surface area contributed by atoms with Crippen LogP contribution in [0.5, 0.6) is 11.5 Å². The molecule has 0 spiro atoms. The molecule has 0 saturated carbocycles. The van der Waals surface area contributed by atoms with Crippen molar-refractivity contribution < 1.29 is 10.2 Å². The van der Waals surface area contributed by atoms with Gasteiger partial charge in [0.15, 0.2) is 0 Å². The molecule has 0 aromatic heterocycles. The molecule has 1 aromatic carbocycles. The smallest absolute Gasteiger partial charge is 0.120 e. The molecule has 0 radical (unpaired) electrons. The number of hydrogen-bond acceptors (Lipinski definition) is 4. The third-order valence-electron chi connectivity index (χ3n) is 1.26. The molecule has 0 aliphatic rings. The molecule has 66 valence electrons. The first-order valence-corrected chi connectivity index (χ1v) is 4.57. The predicted octanol–water partition coefficient (Wildman–Crippen LogP) is 1.15. The Labute approximate surface area is 75.2 Å². The minimum absolute atomic E-state index is 0.0783. The molecule has 0 amide bonds. The normalized spacial score (nSPS) is 10.1. The van der Waals surface area contributed by atoms with Gasteiger partial charge in [-0.25, -0.2) is 0 Å². The van der Waals surface area contributed by atoms with E-state index in [1.807, 2.05) is 0 Å². The second-order valence-corrected chi connectivity index (χ2v) is 3.49. The SMILES string of the molecule is NCCSc1cc(O)cc(O)c1. The Balaban J connectivity index is 2.72. The van der Waals surface area contributed by atoms with Crippen LogP contribution in [0.15, 0.2) is 23.1 Å². The van der Waals surface area contributed by atoms with Crippen molar-refractivity contribution in [3.05, 3.63) is 18.2 Å². The fourth-order valence-corrected chi connectivity index (χ4v) is 1.59. The van der Waals surface area contributed by atoms with E-state index in [0.29, 0.717) is 6.54 Å². The Kier molecular flexibility index (Phi) is 3.25. The van der Waals surface area contributed by atoms with E-state index in [0.717, 1.165) is 10.6 Å². The van der Waals surface area contributed by atoms with Crippen LogP contribution < -0.4 is 5.73 Å². The second kappa shape index (κ2) is 4.23. The van der Waals surface area contributed by atoms with Gasteiger partial charge in [0.2, 0.25) is 0 Å². The largest absolute Gasteiger partial charge is 0.508 e. The molecular formula is C8H11NO2S. The summed E-state index contributed by atoms with van der Waals surface area (Å²) in [6.07, 6.45) is 0. The fraction of sp³-hybridized carbons (Fsp3) is 0.250. The average molecular weight is 185 g/mol. The van der Waals surface area contributed by atoms with Gasteiger partial charge in [-0.05, 0) is 12.1 Å². The number of benzene rings is 1. The highest BCUT2D eigenvalue weighted by atomic mass is 32.2. The summed E-state index contributed by atoms with van der Waals surface area (Å²) in [5.41, 5.74) is 5.31. The zero-order valence-electron chi connectivity index (χ0n) is 6.53. The molecule has 4 heteroatoms. The van der Waals surface area contributed by atoms with E-state index < -0.39 is 0 Å². The highest BCUT2D eigenvalue weighted by molar-refractivity contribution is 7.99. The highest BCUT2D eigenvalue weighted by Gasteiger charge is 1.98. The van der Waals surface area contributed by atoms with E-state index in [-0.39, 0.29) is 11.5 Å². The first-order valence-electron chi connectivity index (χ1n) is 3.58. The van der Waals surface area contributed by atoms with Gasteiger partial charge >= 0.3 is 0 Å². The van der Waals surface area contributed by atoms with Crippen LogP contribution in [-0.2, 0) is 0 Å². The lowest BCUT2D eigenvalue weighted by atomic mass is 10.3. The summed E-state index contributed by atoms with van der Waals surface area (Å²) in [6.45, 7) is 0.584. The Bertz CT molecular complexity index is 245. The topological polar surface area (TPSA) is 66.5 Å². The molecule has 0 saturated heterocycles. The first kappa shape index (κ1) is 9.22. The number of rotatable bonds is 3. The van der Waals surface area contributed by atoms with Crippen molar-refractivity contribution in [2.75, 3.05) is 12.3 Å². The van der Waals surface area contributed by atoms with Gasteiger partial charge < -0.3 is 15.9 Å². The molecule has 0 bridgehead atoms. The van der Waals surface area contributed by atoms with Gasteiger partial charge in [-0.1, -0.05) is 0 Å². The second-order valence-electron chi connectivity index (χ2n) is 2.32. The van der Waals surface area contributed by atoms with Crippen LogP contribution >= 0.6 is 11.8 Å². The Morgan fingerprint density at radius 3 is 2.25 bits per heavy atom. The zero-order chi connectivity index (χ0) is 8.97. The van der Waals surface area contributed by atoms with Crippen LogP contribution in [0.4, 0.5) is 0 Å². The zero-order valence-corrected chi connectivity index (χ0v) is 7.34. The number of thioether (sulfide) groups is 1. The summed E-state index contributed by atoms with van der Waals surface area (Å²) in [6, 6.07) is 4.49. The minimum Gasteiger partial charge on any atom is -0.508 e. The molecule has 0 unspecified atom stereocenters. The molecule has 0 atom stereocenters. The van der Waals surface area contributed by atoms with Crippen LogP contribution in [0, 0.1) is 0 Å². The number of phenolic OH excluding ortho intramolecular Hbond substituents is 2. The quantitative estimate of drug-likeness (QED) is 0.618. The lowest BCUT2D eigenvalue weighted by Gasteiger charge is -2.01. The molecule has 0 heterocycles. The summed E-state index contributed by atoms with van der Waals surface area (Å²) in [5.74, 6) is 0.937. The van der Waals surface area contributed by atoms with E-state index in [2.05, 4.69) is 0 Å². The van der Waals surface area contributed by atoms with Gasteiger partial charge in [0, 0.05) is 23.3 Å². The van der Waals surface area contributed by atoms with E-state index >= 15 is 0 Å². The average Bonchev–Trinajstić information content (AvgIpc) is 1.99. The van der Waals surface area contributed by atoms with Gasteiger partial charge in [0.25, 0.3) is 0 Å². The number of aromatic hydroxyl groups is 2. The molecule has 0 aliphatic carbocycles. The van der Waals surface area contributed by atoms with Gasteiger partial charge in [-0.2, -0.15) is 0 Å². The molecule has 3 nitrogen and oxygen atoms in total. The van der Waals surface area contributed by atoms with Crippen molar-refractivity contribution in [3.8, 4) is 11.5 Å². The fourth-order valence-electron chi connectivity index (χ4n) is 0.828. The summed E-state index contributed by atoms with van der Waals surface area (Å²) in [7, 11) is 0. The maximum atomic E-state index is 9.09. The van der Waals surface area contributed by atoms with Gasteiger partial charge in [-0.3, -0.25) is 0 Å². The standard InChI is InChI=1S/C8H11NO2S/c9-1-2-12-8-4-6(10)3-7(11)5-8/h3-5,10-11H,1-2,9H2. The molecule has 1 rings (SSSR count). The third kappa shape index (κ3) is 2.64. The van der Waals surface area contributed by atoms with Crippen LogP contribution in [0.25, 0.3) is 0 Å². The van der Waals surface area contributed by atoms with Gasteiger partial charge in [0.05, 0.1) is 0 Å². The Morgan fingerprint density at radius 2 is 1.75 bits per heavy atom. The van der Waals surface area contributed by atoms with Crippen molar-refractivity contribution in [2.24, 2.45) is 5.73 Å². The lowest BCUT2D eigenvalue weighted by molar-refractivity contribution is 0.448. The van der Waals surface area contributed by atoms with Crippen LogP contribution in [0.2, 0.25) is 0 Å². The van der Waals surface area contributed by atoms with E-state index in [1.54, 1.807) is 12.1 Å². The number of hydrogen-bond donors (Lipinski definition) is 3. The number of phenols is 2. The number of nitrogens with two attached hydrogens (primary N) is 1. The summed E-state index contributed by atoms with van der Waals surface area (Å²) < 4.78 is 0. The van der Waals surface area contributed by atoms with E-state index in [4.69, 9.17) is 15.9 Å². The summed E-state index contributed by atoms with van der Waals surface area (Å²) >= 11 is 1.50. The molecule has 0 aliphatic heterocycles. The molecule has 4 N–H and O–H groups in total. The Hall–Kier alpha value is -0.870. The summed E-state index contributed by atoms with van der Waals surface area (Å²) in [5, 5.41) is 18.2. The van der Waals surface area contributed by atoms with Crippen molar-refractivity contribution >= 4 is 11.8 Å². The lowest BCUT2D eigenvalue weighted by Crippen LogP contribution is -2.00. The van der Waals surface area contributed by atoms with E-state index in [9.17, 15) is 0 Å². The molecular weight excluding hydrogens is 174 g/mol. The van der Waals surface area contributed by atoms with Crippen LogP contribution in [0.3, 0.4) is 0 Å². The maximum absolute atomic E-state index is 9.09. The Morgan fingerprint density at radius 1 is 1.17 bits per heavy atom. The first-order chi connectivity index (χ1) is 5.72. The van der Waals surface area contributed by atoms with Crippen LogP contribution in [0.1, 0.15) is 0 Å². The van der Waals surface area contributed by atoms with Crippen molar-refractivity contribution in [3.63, 3.8) is 0 Å². The summed E-state index contributed by atoms with van der Waals surface area (Å²) in [4.78, 5) is 0.831. The molecule has 1 aromatic rings. The van der Waals surface area contributed by atoms with Crippen LogP contribution in [-0.4, -0.2) is 22.5 Å². The van der Waals surface area contributed by atoms with E-state index in [1.165, 1.54) is 17.8 Å². The third-order valence-corrected chi connectivity index (χ3v) is 2.27. The van der Waals surface area contributed by atoms with Crippen molar-refractivity contribution in [2.45, 2.75) is 4.90 Å². The monoisotopic (exact) mass is 185 g/mol. The highest BCUT2D eigenvalue weighted by Crippen LogP contribution is 2.27. The predicted molar refractivity (Wildman–Crippen MR) is 49.6 cm³/mol. The van der Waals surface area contributed by atoms with Gasteiger partial charge in [-0.15, -0.1) is 11.8 Å².